The summed E-state index contributed by atoms with van der Waals surface area (Å²) in [5, 5.41) is 3.36. The molecule has 2 rings (SSSR count). The molecule has 0 aliphatic carbocycles. The molecule has 1 atom stereocenters. The molecule has 2 aromatic carbocycles. The summed E-state index contributed by atoms with van der Waals surface area (Å²) in [7, 11) is 0. The lowest BCUT2D eigenvalue weighted by molar-refractivity contribution is 0.626. The van der Waals surface area contributed by atoms with Gasteiger partial charge in [0.2, 0.25) is 0 Å². The Labute approximate surface area is 94.9 Å². The van der Waals surface area contributed by atoms with Crippen molar-refractivity contribution in [2.75, 3.05) is 5.32 Å². The van der Waals surface area contributed by atoms with Crippen LogP contribution in [0.25, 0.3) is 0 Å². The number of para-hydroxylation sites is 1. The fourth-order valence-electron chi connectivity index (χ4n) is 1.62. The van der Waals surface area contributed by atoms with Crippen LogP contribution in [0.5, 0.6) is 0 Å². The summed E-state index contributed by atoms with van der Waals surface area (Å²) in [4.78, 5) is 0. The maximum Gasteiger partial charge on any atom is 0.123 e. The van der Waals surface area contributed by atoms with E-state index in [9.17, 15) is 4.39 Å². The Morgan fingerprint density at radius 3 is 2.19 bits per heavy atom. The normalized spacial score (nSPS) is 12.1. The standard InChI is InChI=1S/C14H14FN/c1-11(12-7-9-13(15)10-8-12)16-14-5-3-2-4-6-14/h2-11,16H,1H3/t11-/m0/s1. The van der Waals surface area contributed by atoms with Crippen molar-refractivity contribution in [2.24, 2.45) is 0 Å². The third kappa shape index (κ3) is 2.60. The number of benzene rings is 2. The van der Waals surface area contributed by atoms with Crippen LogP contribution in [-0.4, -0.2) is 0 Å². The van der Waals surface area contributed by atoms with E-state index in [2.05, 4.69) is 12.2 Å². The molecule has 0 aliphatic rings. The van der Waals surface area contributed by atoms with Crippen LogP contribution >= 0.6 is 0 Å². The van der Waals surface area contributed by atoms with Crippen LogP contribution in [0.15, 0.2) is 54.6 Å². The predicted molar refractivity (Wildman–Crippen MR) is 64.9 cm³/mol. The fourth-order valence-corrected chi connectivity index (χ4v) is 1.62. The molecule has 1 N–H and O–H groups in total. The van der Waals surface area contributed by atoms with E-state index in [1.54, 1.807) is 12.1 Å². The molecule has 0 unspecified atom stereocenters. The van der Waals surface area contributed by atoms with E-state index >= 15 is 0 Å². The second-order valence-electron chi connectivity index (χ2n) is 3.78. The molecular formula is C14H14FN. The van der Waals surface area contributed by atoms with Crippen molar-refractivity contribution in [3.8, 4) is 0 Å². The van der Waals surface area contributed by atoms with Crippen molar-refractivity contribution in [3.05, 3.63) is 66.0 Å². The molecule has 0 spiro atoms. The van der Waals surface area contributed by atoms with Gasteiger partial charge in [0.05, 0.1) is 0 Å². The lowest BCUT2D eigenvalue weighted by Gasteiger charge is -2.15. The molecule has 1 nitrogen and oxygen atoms in total. The number of anilines is 1. The van der Waals surface area contributed by atoms with Gasteiger partial charge in [-0.05, 0) is 36.8 Å². The SMILES string of the molecule is C[C@H](Nc1ccccc1)c1ccc(F)cc1. The largest absolute Gasteiger partial charge is 0.379 e. The van der Waals surface area contributed by atoms with Crippen molar-refractivity contribution >= 4 is 5.69 Å². The van der Waals surface area contributed by atoms with E-state index in [1.807, 2.05) is 30.3 Å². The first-order valence-electron chi connectivity index (χ1n) is 5.33. The van der Waals surface area contributed by atoms with Crippen molar-refractivity contribution in [3.63, 3.8) is 0 Å². The molecular weight excluding hydrogens is 201 g/mol. The Bertz CT molecular complexity index is 436. The van der Waals surface area contributed by atoms with Crippen LogP contribution in [0.4, 0.5) is 10.1 Å². The summed E-state index contributed by atoms with van der Waals surface area (Å²) in [6, 6.07) is 16.7. The molecule has 0 bridgehead atoms. The third-order valence-corrected chi connectivity index (χ3v) is 2.53. The van der Waals surface area contributed by atoms with Crippen molar-refractivity contribution in [1.29, 1.82) is 0 Å². The minimum absolute atomic E-state index is 0.169. The van der Waals surface area contributed by atoms with Crippen LogP contribution in [0.3, 0.4) is 0 Å². The van der Waals surface area contributed by atoms with E-state index in [1.165, 1.54) is 12.1 Å². The molecule has 0 fully saturated rings. The minimum Gasteiger partial charge on any atom is -0.379 e. The van der Waals surface area contributed by atoms with Crippen LogP contribution in [-0.2, 0) is 0 Å². The topological polar surface area (TPSA) is 12.0 Å². The van der Waals surface area contributed by atoms with E-state index in [0.717, 1.165) is 11.3 Å². The molecule has 2 aromatic rings. The smallest absolute Gasteiger partial charge is 0.123 e. The Morgan fingerprint density at radius 1 is 0.938 bits per heavy atom. The highest BCUT2D eigenvalue weighted by Crippen LogP contribution is 2.18. The van der Waals surface area contributed by atoms with Crippen LogP contribution < -0.4 is 5.32 Å². The number of hydrogen-bond donors (Lipinski definition) is 1. The molecule has 0 amide bonds. The maximum absolute atomic E-state index is 12.8. The first-order chi connectivity index (χ1) is 7.75. The van der Waals surface area contributed by atoms with Gasteiger partial charge in [-0.2, -0.15) is 0 Å². The summed E-state index contributed by atoms with van der Waals surface area (Å²) < 4.78 is 12.8. The van der Waals surface area contributed by atoms with Crippen molar-refractivity contribution < 1.29 is 4.39 Å². The number of rotatable bonds is 3. The third-order valence-electron chi connectivity index (χ3n) is 2.53. The van der Waals surface area contributed by atoms with Crippen LogP contribution in [0.2, 0.25) is 0 Å². The molecule has 0 heterocycles. The Morgan fingerprint density at radius 2 is 1.56 bits per heavy atom. The average Bonchev–Trinajstić information content (AvgIpc) is 2.31. The monoisotopic (exact) mass is 215 g/mol. The average molecular weight is 215 g/mol. The molecule has 0 aromatic heterocycles. The first kappa shape index (κ1) is 10.7. The molecule has 0 saturated heterocycles. The van der Waals surface area contributed by atoms with Gasteiger partial charge in [0.15, 0.2) is 0 Å². The molecule has 0 saturated carbocycles. The lowest BCUT2D eigenvalue weighted by atomic mass is 10.1. The summed E-state index contributed by atoms with van der Waals surface area (Å²) in [6.07, 6.45) is 0. The predicted octanol–water partition coefficient (Wildman–Crippen LogP) is 4.00. The zero-order valence-corrected chi connectivity index (χ0v) is 9.15. The maximum atomic E-state index is 12.8. The van der Waals surface area contributed by atoms with Gasteiger partial charge < -0.3 is 5.32 Å². The van der Waals surface area contributed by atoms with E-state index in [0.29, 0.717) is 0 Å². The number of nitrogens with one attached hydrogen (secondary N) is 1. The van der Waals surface area contributed by atoms with E-state index < -0.39 is 0 Å². The van der Waals surface area contributed by atoms with Gasteiger partial charge in [-0.3, -0.25) is 0 Å². The van der Waals surface area contributed by atoms with Gasteiger partial charge in [0.25, 0.3) is 0 Å². The summed E-state index contributed by atoms with van der Waals surface area (Å²) in [6.45, 7) is 2.06. The highest BCUT2D eigenvalue weighted by molar-refractivity contribution is 5.44. The van der Waals surface area contributed by atoms with Crippen LogP contribution in [0.1, 0.15) is 18.5 Å². The second kappa shape index (κ2) is 4.79. The van der Waals surface area contributed by atoms with Crippen molar-refractivity contribution in [2.45, 2.75) is 13.0 Å². The number of hydrogen-bond acceptors (Lipinski definition) is 1. The zero-order chi connectivity index (χ0) is 11.4. The van der Waals surface area contributed by atoms with Gasteiger partial charge in [0, 0.05) is 11.7 Å². The van der Waals surface area contributed by atoms with Gasteiger partial charge in [0.1, 0.15) is 5.82 Å². The van der Waals surface area contributed by atoms with Gasteiger partial charge in [-0.25, -0.2) is 4.39 Å². The van der Waals surface area contributed by atoms with Gasteiger partial charge in [-0.15, -0.1) is 0 Å². The highest BCUT2D eigenvalue weighted by Gasteiger charge is 2.04. The summed E-state index contributed by atoms with van der Waals surface area (Å²) in [5.74, 6) is -0.198. The second-order valence-corrected chi connectivity index (χ2v) is 3.78. The van der Waals surface area contributed by atoms with Crippen LogP contribution in [0, 0.1) is 5.82 Å². The Hall–Kier alpha value is -1.83. The fraction of sp³-hybridized carbons (Fsp3) is 0.143. The van der Waals surface area contributed by atoms with E-state index in [-0.39, 0.29) is 11.9 Å². The highest BCUT2D eigenvalue weighted by atomic mass is 19.1. The van der Waals surface area contributed by atoms with Gasteiger partial charge >= 0.3 is 0 Å². The minimum atomic E-state index is -0.198. The first-order valence-corrected chi connectivity index (χ1v) is 5.33. The Balaban J connectivity index is 2.09. The van der Waals surface area contributed by atoms with Gasteiger partial charge in [-0.1, -0.05) is 30.3 Å². The molecule has 2 heteroatoms. The van der Waals surface area contributed by atoms with Crippen molar-refractivity contribution in [1.82, 2.24) is 0 Å². The number of halogens is 1. The quantitative estimate of drug-likeness (QED) is 0.816. The Kier molecular flexibility index (Phi) is 3.20. The molecule has 0 radical (unpaired) electrons. The molecule has 16 heavy (non-hydrogen) atoms. The van der Waals surface area contributed by atoms with E-state index in [4.69, 9.17) is 0 Å². The lowest BCUT2D eigenvalue weighted by Crippen LogP contribution is -2.06. The molecule has 0 aliphatic heterocycles. The molecule has 82 valence electrons. The zero-order valence-electron chi connectivity index (χ0n) is 9.15. The summed E-state index contributed by atoms with van der Waals surface area (Å²) in [5.41, 5.74) is 2.14. The summed E-state index contributed by atoms with van der Waals surface area (Å²) >= 11 is 0.